The molecule has 0 bridgehead atoms. The number of nitrogens with one attached hydrogen (secondary N) is 1. The Morgan fingerprint density at radius 3 is 2.54 bits per heavy atom. The zero-order valence-electron chi connectivity index (χ0n) is 14.1. The second-order valence-corrected chi connectivity index (χ2v) is 5.75. The summed E-state index contributed by atoms with van der Waals surface area (Å²) in [5.41, 5.74) is 1.64. The molecule has 1 heterocycles. The maximum Gasteiger partial charge on any atom is 0.254 e. The van der Waals surface area contributed by atoms with Crippen molar-refractivity contribution in [2.24, 2.45) is 0 Å². The number of rotatable bonds is 6. The van der Waals surface area contributed by atoms with Gasteiger partial charge in [0.2, 0.25) is 11.8 Å². The van der Waals surface area contributed by atoms with Crippen LogP contribution in [0.25, 0.3) is 0 Å². The molecule has 1 fully saturated rings. The Hall–Kier alpha value is -2.41. The van der Waals surface area contributed by atoms with Crippen LogP contribution >= 0.6 is 0 Å². The lowest BCUT2D eigenvalue weighted by atomic mass is 10.1. The van der Waals surface area contributed by atoms with Crippen molar-refractivity contribution >= 4 is 17.7 Å². The SMILES string of the molecule is COCCNC(=O)CN1CCN(C(=O)c2ccc(C)cc2)CC1=O. The molecule has 1 aromatic carbocycles. The van der Waals surface area contributed by atoms with Gasteiger partial charge in [0, 0.05) is 32.3 Å². The normalized spacial score (nSPS) is 14.7. The van der Waals surface area contributed by atoms with Gasteiger partial charge in [-0.25, -0.2) is 0 Å². The number of carbonyl (C=O) groups is 3. The van der Waals surface area contributed by atoms with E-state index in [0.717, 1.165) is 5.56 Å². The van der Waals surface area contributed by atoms with Crippen molar-refractivity contribution in [2.75, 3.05) is 46.4 Å². The van der Waals surface area contributed by atoms with Crippen LogP contribution in [0.3, 0.4) is 0 Å². The highest BCUT2D eigenvalue weighted by Gasteiger charge is 2.28. The van der Waals surface area contributed by atoms with Crippen LogP contribution in [0.15, 0.2) is 24.3 Å². The average Bonchev–Trinajstić information content (AvgIpc) is 2.57. The molecule has 0 radical (unpaired) electrons. The van der Waals surface area contributed by atoms with Crippen LogP contribution in [0.4, 0.5) is 0 Å². The van der Waals surface area contributed by atoms with Crippen molar-refractivity contribution in [3.05, 3.63) is 35.4 Å². The monoisotopic (exact) mass is 333 g/mol. The van der Waals surface area contributed by atoms with E-state index in [-0.39, 0.29) is 30.8 Å². The largest absolute Gasteiger partial charge is 0.383 e. The quantitative estimate of drug-likeness (QED) is 0.746. The molecular formula is C17H23N3O4. The molecule has 0 unspecified atom stereocenters. The van der Waals surface area contributed by atoms with Crippen LogP contribution in [0.1, 0.15) is 15.9 Å². The number of aryl methyl sites for hydroxylation is 1. The topological polar surface area (TPSA) is 79.0 Å². The number of piperazine rings is 1. The van der Waals surface area contributed by atoms with Crippen molar-refractivity contribution in [2.45, 2.75) is 6.92 Å². The van der Waals surface area contributed by atoms with Gasteiger partial charge in [-0.3, -0.25) is 14.4 Å². The molecular weight excluding hydrogens is 310 g/mol. The second kappa shape index (κ2) is 8.44. The van der Waals surface area contributed by atoms with E-state index in [2.05, 4.69) is 5.32 Å². The minimum atomic E-state index is -0.223. The van der Waals surface area contributed by atoms with Crippen molar-refractivity contribution in [3.8, 4) is 0 Å². The van der Waals surface area contributed by atoms with E-state index in [0.29, 0.717) is 31.8 Å². The number of carbonyl (C=O) groups excluding carboxylic acids is 3. The van der Waals surface area contributed by atoms with Crippen molar-refractivity contribution in [1.82, 2.24) is 15.1 Å². The maximum absolute atomic E-state index is 12.4. The fourth-order valence-corrected chi connectivity index (χ4v) is 2.45. The molecule has 130 valence electrons. The zero-order chi connectivity index (χ0) is 17.5. The highest BCUT2D eigenvalue weighted by Crippen LogP contribution is 2.10. The van der Waals surface area contributed by atoms with Crippen LogP contribution in [0, 0.1) is 6.92 Å². The molecule has 0 spiro atoms. The van der Waals surface area contributed by atoms with Gasteiger partial charge in [-0.05, 0) is 19.1 Å². The third-order valence-corrected chi connectivity index (χ3v) is 3.87. The number of hydrogen-bond acceptors (Lipinski definition) is 4. The Morgan fingerprint density at radius 2 is 1.92 bits per heavy atom. The molecule has 24 heavy (non-hydrogen) atoms. The summed E-state index contributed by atoms with van der Waals surface area (Å²) in [6.45, 7) is 3.58. The Morgan fingerprint density at radius 1 is 1.21 bits per heavy atom. The van der Waals surface area contributed by atoms with E-state index in [1.165, 1.54) is 9.80 Å². The van der Waals surface area contributed by atoms with Crippen molar-refractivity contribution in [1.29, 1.82) is 0 Å². The molecule has 0 aliphatic carbocycles. The molecule has 7 nitrogen and oxygen atoms in total. The minimum Gasteiger partial charge on any atom is -0.383 e. The highest BCUT2D eigenvalue weighted by molar-refractivity contribution is 5.97. The van der Waals surface area contributed by atoms with Crippen molar-refractivity contribution in [3.63, 3.8) is 0 Å². The first-order valence-corrected chi connectivity index (χ1v) is 7.90. The predicted molar refractivity (Wildman–Crippen MR) is 88.5 cm³/mol. The van der Waals surface area contributed by atoms with Crippen LogP contribution in [0.5, 0.6) is 0 Å². The molecule has 1 saturated heterocycles. The summed E-state index contributed by atoms with van der Waals surface area (Å²) in [7, 11) is 1.56. The molecule has 1 aliphatic heterocycles. The summed E-state index contributed by atoms with van der Waals surface area (Å²) in [5, 5.41) is 2.68. The minimum absolute atomic E-state index is 0.00192. The first-order chi connectivity index (χ1) is 11.5. The summed E-state index contributed by atoms with van der Waals surface area (Å²) in [6.07, 6.45) is 0. The number of ether oxygens (including phenoxy) is 1. The van der Waals surface area contributed by atoms with Crippen LogP contribution in [-0.4, -0.2) is 74.0 Å². The summed E-state index contributed by atoms with van der Waals surface area (Å²) >= 11 is 0. The Kier molecular flexibility index (Phi) is 6.31. The van der Waals surface area contributed by atoms with Gasteiger partial charge >= 0.3 is 0 Å². The highest BCUT2D eigenvalue weighted by atomic mass is 16.5. The van der Waals surface area contributed by atoms with E-state index in [1.807, 2.05) is 19.1 Å². The Labute approximate surface area is 141 Å². The predicted octanol–water partition coefficient (Wildman–Crippen LogP) is 0.0420. The molecule has 2 rings (SSSR count). The van der Waals surface area contributed by atoms with Gasteiger partial charge in [0.25, 0.3) is 5.91 Å². The van der Waals surface area contributed by atoms with E-state index in [1.54, 1.807) is 19.2 Å². The number of amides is 3. The number of methoxy groups -OCH3 is 1. The van der Waals surface area contributed by atoms with Gasteiger partial charge in [-0.15, -0.1) is 0 Å². The summed E-state index contributed by atoms with van der Waals surface area (Å²) in [4.78, 5) is 39.4. The maximum atomic E-state index is 12.4. The lowest BCUT2D eigenvalue weighted by molar-refractivity contribution is -0.139. The van der Waals surface area contributed by atoms with Gasteiger partial charge in [-0.1, -0.05) is 17.7 Å². The summed E-state index contributed by atoms with van der Waals surface area (Å²) < 4.78 is 4.85. The molecule has 0 atom stereocenters. The van der Waals surface area contributed by atoms with Crippen LogP contribution < -0.4 is 5.32 Å². The van der Waals surface area contributed by atoms with Gasteiger partial charge in [0.15, 0.2) is 0 Å². The van der Waals surface area contributed by atoms with Gasteiger partial charge in [-0.2, -0.15) is 0 Å². The fraction of sp³-hybridized carbons (Fsp3) is 0.471. The van der Waals surface area contributed by atoms with E-state index < -0.39 is 0 Å². The third-order valence-electron chi connectivity index (χ3n) is 3.87. The smallest absolute Gasteiger partial charge is 0.254 e. The molecule has 0 aromatic heterocycles. The van der Waals surface area contributed by atoms with Crippen molar-refractivity contribution < 1.29 is 19.1 Å². The second-order valence-electron chi connectivity index (χ2n) is 5.75. The standard InChI is InChI=1S/C17H23N3O4/c1-13-3-5-14(6-4-13)17(23)20-9-8-19(16(22)12-20)11-15(21)18-7-10-24-2/h3-6H,7-12H2,1-2H3,(H,18,21). The average molecular weight is 333 g/mol. The molecule has 1 aliphatic rings. The Bertz CT molecular complexity index is 600. The lowest BCUT2D eigenvalue weighted by Gasteiger charge is -2.34. The number of benzene rings is 1. The van der Waals surface area contributed by atoms with E-state index in [4.69, 9.17) is 4.74 Å². The lowest BCUT2D eigenvalue weighted by Crippen LogP contribution is -2.54. The van der Waals surface area contributed by atoms with Gasteiger partial charge < -0.3 is 19.9 Å². The fourth-order valence-electron chi connectivity index (χ4n) is 2.45. The summed E-state index contributed by atoms with van der Waals surface area (Å²) in [6, 6.07) is 7.26. The molecule has 3 amide bonds. The third kappa shape index (κ3) is 4.79. The summed E-state index contributed by atoms with van der Waals surface area (Å²) in [5.74, 6) is -0.602. The van der Waals surface area contributed by atoms with Gasteiger partial charge in [0.05, 0.1) is 13.2 Å². The molecule has 1 N–H and O–H groups in total. The molecule has 1 aromatic rings. The van der Waals surface area contributed by atoms with Gasteiger partial charge in [0.1, 0.15) is 6.54 Å². The van der Waals surface area contributed by atoms with E-state index >= 15 is 0 Å². The van der Waals surface area contributed by atoms with E-state index in [9.17, 15) is 14.4 Å². The molecule has 7 heteroatoms. The van der Waals surface area contributed by atoms with Crippen LogP contribution in [-0.2, 0) is 14.3 Å². The first-order valence-electron chi connectivity index (χ1n) is 7.90. The Balaban J connectivity index is 1.86. The number of nitrogens with zero attached hydrogens (tertiary/aromatic N) is 2. The van der Waals surface area contributed by atoms with Crippen LogP contribution in [0.2, 0.25) is 0 Å². The zero-order valence-corrected chi connectivity index (χ0v) is 14.1. The first kappa shape index (κ1) is 17.9. The molecule has 0 saturated carbocycles. The number of hydrogen-bond donors (Lipinski definition) is 1.